The summed E-state index contributed by atoms with van der Waals surface area (Å²) in [5.74, 6) is 1.96. The van der Waals surface area contributed by atoms with E-state index in [-0.39, 0.29) is 12.5 Å². The molecule has 1 heterocycles. The molecule has 3 rings (SSSR count). The largest absolute Gasteiger partial charge is 0.497 e. The molecule has 28 heavy (non-hydrogen) atoms. The summed E-state index contributed by atoms with van der Waals surface area (Å²) >= 11 is 0. The maximum atomic E-state index is 12.4. The van der Waals surface area contributed by atoms with E-state index in [9.17, 15) is 4.79 Å². The highest BCUT2D eigenvalue weighted by molar-refractivity contribution is 5.81. The summed E-state index contributed by atoms with van der Waals surface area (Å²) in [5, 5.41) is 6.74. The Bertz CT molecular complexity index is 904. The van der Waals surface area contributed by atoms with Crippen LogP contribution in [0, 0.1) is 6.92 Å². The molecule has 7 heteroatoms. The van der Waals surface area contributed by atoms with Crippen LogP contribution >= 0.6 is 0 Å². The van der Waals surface area contributed by atoms with Gasteiger partial charge in [-0.3, -0.25) is 4.79 Å². The van der Waals surface area contributed by atoms with E-state index in [1.54, 1.807) is 7.11 Å². The molecule has 3 aromatic rings. The normalized spacial score (nSPS) is 11.7. The number of carbonyl (C=O) groups excluding carboxylic acids is 1. The van der Waals surface area contributed by atoms with Crippen LogP contribution in [0.15, 0.2) is 53.1 Å². The molecule has 0 spiro atoms. The Morgan fingerprint density at radius 2 is 1.79 bits per heavy atom. The molecule has 146 valence electrons. The number of benzene rings is 2. The van der Waals surface area contributed by atoms with Gasteiger partial charge in [-0.2, -0.15) is 4.98 Å². The highest BCUT2D eigenvalue weighted by atomic mass is 16.5. The number of aryl methyl sites for hydroxylation is 1. The molecule has 0 saturated carbocycles. The molecule has 1 amide bonds. The van der Waals surface area contributed by atoms with Crippen molar-refractivity contribution >= 4 is 5.91 Å². The fourth-order valence-corrected chi connectivity index (χ4v) is 2.56. The lowest BCUT2D eigenvalue weighted by Gasteiger charge is -2.16. The number of carbonyl (C=O) groups is 1. The highest BCUT2D eigenvalue weighted by Crippen LogP contribution is 2.20. The van der Waals surface area contributed by atoms with Crippen molar-refractivity contribution in [3.63, 3.8) is 0 Å². The topological polar surface area (TPSA) is 86.5 Å². The SMILES string of the molecule is CC[C@@H](Oc1ccc(C)cc1)C(=O)NCc1nc(-c2ccc(OC)cc2)no1. The third-order valence-corrected chi connectivity index (χ3v) is 4.19. The van der Waals surface area contributed by atoms with Crippen LogP contribution in [0.4, 0.5) is 0 Å². The van der Waals surface area contributed by atoms with E-state index < -0.39 is 6.10 Å². The number of hydrogen-bond acceptors (Lipinski definition) is 6. The van der Waals surface area contributed by atoms with Gasteiger partial charge in [0.25, 0.3) is 5.91 Å². The molecule has 0 aliphatic rings. The van der Waals surface area contributed by atoms with Crippen LogP contribution in [-0.2, 0) is 11.3 Å². The van der Waals surface area contributed by atoms with Gasteiger partial charge in [0.15, 0.2) is 6.10 Å². The van der Waals surface area contributed by atoms with Crippen molar-refractivity contribution in [1.82, 2.24) is 15.5 Å². The standard InChI is InChI=1S/C21H23N3O4/c1-4-18(27-17-9-5-14(2)6-10-17)21(25)22-13-19-23-20(24-28-19)15-7-11-16(26-3)12-8-15/h5-12,18H,4,13H2,1-3H3,(H,22,25)/t18-/m1/s1. The number of ether oxygens (including phenoxy) is 2. The van der Waals surface area contributed by atoms with Gasteiger partial charge in [-0.05, 0) is 49.7 Å². The van der Waals surface area contributed by atoms with Crippen molar-refractivity contribution in [1.29, 1.82) is 0 Å². The van der Waals surface area contributed by atoms with Gasteiger partial charge in [0, 0.05) is 5.56 Å². The molecule has 0 aliphatic carbocycles. The first-order valence-electron chi connectivity index (χ1n) is 9.07. The summed E-state index contributed by atoms with van der Waals surface area (Å²) in [6, 6.07) is 14.9. The Labute approximate surface area is 163 Å². The summed E-state index contributed by atoms with van der Waals surface area (Å²) in [7, 11) is 1.61. The van der Waals surface area contributed by atoms with Crippen LogP contribution in [0.1, 0.15) is 24.8 Å². The lowest BCUT2D eigenvalue weighted by Crippen LogP contribution is -2.37. The molecule has 1 N–H and O–H groups in total. The number of amides is 1. The molecule has 0 unspecified atom stereocenters. The van der Waals surface area contributed by atoms with E-state index >= 15 is 0 Å². The zero-order chi connectivity index (χ0) is 19.9. The molecule has 2 aromatic carbocycles. The first kappa shape index (κ1) is 19.4. The second kappa shape index (κ2) is 9.03. The minimum absolute atomic E-state index is 0.135. The van der Waals surface area contributed by atoms with Crippen molar-refractivity contribution in [3.05, 3.63) is 60.0 Å². The van der Waals surface area contributed by atoms with Crippen LogP contribution in [0.25, 0.3) is 11.4 Å². The van der Waals surface area contributed by atoms with Crippen molar-refractivity contribution in [2.24, 2.45) is 0 Å². The molecule has 1 aromatic heterocycles. The van der Waals surface area contributed by atoms with E-state index in [1.165, 1.54) is 0 Å². The number of nitrogens with zero attached hydrogens (tertiary/aromatic N) is 2. The van der Waals surface area contributed by atoms with Gasteiger partial charge in [0.1, 0.15) is 11.5 Å². The molecule has 1 atom stereocenters. The molecular weight excluding hydrogens is 358 g/mol. The predicted octanol–water partition coefficient (Wildman–Crippen LogP) is 3.53. The highest BCUT2D eigenvalue weighted by Gasteiger charge is 2.19. The molecular formula is C21H23N3O4. The number of hydrogen-bond donors (Lipinski definition) is 1. The molecule has 0 aliphatic heterocycles. The fourth-order valence-electron chi connectivity index (χ4n) is 2.56. The first-order chi connectivity index (χ1) is 13.6. The van der Waals surface area contributed by atoms with E-state index in [4.69, 9.17) is 14.0 Å². The maximum Gasteiger partial charge on any atom is 0.261 e. The summed E-state index contributed by atoms with van der Waals surface area (Å²) in [6.07, 6.45) is -0.0487. The molecule has 0 bridgehead atoms. The van der Waals surface area contributed by atoms with Crippen LogP contribution in [0.3, 0.4) is 0 Å². The van der Waals surface area contributed by atoms with Gasteiger partial charge in [0.2, 0.25) is 11.7 Å². The monoisotopic (exact) mass is 381 g/mol. The predicted molar refractivity (Wildman–Crippen MR) is 104 cm³/mol. The zero-order valence-corrected chi connectivity index (χ0v) is 16.1. The zero-order valence-electron chi connectivity index (χ0n) is 16.1. The minimum atomic E-state index is -0.591. The van der Waals surface area contributed by atoms with Crippen LogP contribution in [-0.4, -0.2) is 29.3 Å². The molecule has 0 fully saturated rings. The Balaban J connectivity index is 1.57. The molecule has 0 radical (unpaired) electrons. The Kier molecular flexibility index (Phi) is 6.26. The van der Waals surface area contributed by atoms with E-state index in [1.807, 2.05) is 62.4 Å². The Hall–Kier alpha value is -3.35. The van der Waals surface area contributed by atoms with Crippen molar-refractivity contribution in [2.75, 3.05) is 7.11 Å². The fraction of sp³-hybridized carbons (Fsp3) is 0.286. The summed E-state index contributed by atoms with van der Waals surface area (Å²) in [4.78, 5) is 16.7. The van der Waals surface area contributed by atoms with Gasteiger partial charge >= 0.3 is 0 Å². The van der Waals surface area contributed by atoms with Crippen molar-refractivity contribution in [2.45, 2.75) is 32.9 Å². The third kappa shape index (κ3) is 4.88. The number of rotatable bonds is 8. The van der Waals surface area contributed by atoms with Crippen LogP contribution in [0.2, 0.25) is 0 Å². The van der Waals surface area contributed by atoms with Crippen molar-refractivity contribution in [3.8, 4) is 22.9 Å². The number of methoxy groups -OCH3 is 1. The van der Waals surface area contributed by atoms with Crippen LogP contribution < -0.4 is 14.8 Å². The quantitative estimate of drug-likeness (QED) is 0.642. The smallest absolute Gasteiger partial charge is 0.261 e. The Morgan fingerprint density at radius 1 is 1.11 bits per heavy atom. The molecule has 0 saturated heterocycles. The maximum absolute atomic E-state index is 12.4. The van der Waals surface area contributed by atoms with Crippen molar-refractivity contribution < 1.29 is 18.8 Å². The van der Waals surface area contributed by atoms with Gasteiger partial charge in [-0.15, -0.1) is 0 Å². The summed E-state index contributed by atoms with van der Waals surface area (Å²) in [6.45, 7) is 4.03. The van der Waals surface area contributed by atoms with E-state index in [0.717, 1.165) is 16.9 Å². The van der Waals surface area contributed by atoms with Gasteiger partial charge in [-0.1, -0.05) is 29.8 Å². The average molecular weight is 381 g/mol. The van der Waals surface area contributed by atoms with Gasteiger partial charge in [0.05, 0.1) is 13.7 Å². The minimum Gasteiger partial charge on any atom is -0.497 e. The van der Waals surface area contributed by atoms with E-state index in [0.29, 0.717) is 23.9 Å². The summed E-state index contributed by atoms with van der Waals surface area (Å²) in [5.41, 5.74) is 1.94. The lowest BCUT2D eigenvalue weighted by atomic mass is 10.2. The number of aromatic nitrogens is 2. The van der Waals surface area contributed by atoms with Gasteiger partial charge < -0.3 is 19.3 Å². The molecule has 7 nitrogen and oxygen atoms in total. The second-order valence-electron chi connectivity index (χ2n) is 6.29. The second-order valence-corrected chi connectivity index (χ2v) is 6.29. The average Bonchev–Trinajstić information content (AvgIpc) is 3.20. The third-order valence-electron chi connectivity index (χ3n) is 4.19. The van der Waals surface area contributed by atoms with E-state index in [2.05, 4.69) is 15.5 Å². The first-order valence-corrected chi connectivity index (χ1v) is 9.07. The summed E-state index contributed by atoms with van der Waals surface area (Å²) < 4.78 is 16.1. The van der Waals surface area contributed by atoms with Gasteiger partial charge in [-0.25, -0.2) is 0 Å². The van der Waals surface area contributed by atoms with Crippen LogP contribution in [0.5, 0.6) is 11.5 Å². The lowest BCUT2D eigenvalue weighted by molar-refractivity contribution is -0.128. The Morgan fingerprint density at radius 3 is 2.43 bits per heavy atom. The number of nitrogens with one attached hydrogen (secondary N) is 1.